The van der Waals surface area contributed by atoms with Gasteiger partial charge in [-0.05, 0) is 36.2 Å². The lowest BCUT2D eigenvalue weighted by atomic mass is 10.0. The SMILES string of the molecule is CCOc1ccccc1N(CC(=O)N(Cc1ccccc1Cl)[C@@H](Cc1ccccc1)C(=O)NC)S(C)(=O)=O. The highest BCUT2D eigenvalue weighted by Crippen LogP contribution is 2.30. The Bertz CT molecular complexity index is 1350. The molecule has 10 heteroatoms. The van der Waals surface area contributed by atoms with Gasteiger partial charge in [0.05, 0.1) is 18.6 Å². The van der Waals surface area contributed by atoms with Gasteiger partial charge in [-0.15, -0.1) is 0 Å². The molecule has 0 saturated carbocycles. The molecule has 0 aromatic heterocycles. The zero-order chi connectivity index (χ0) is 27.7. The fourth-order valence-electron chi connectivity index (χ4n) is 4.07. The lowest BCUT2D eigenvalue weighted by Crippen LogP contribution is -2.53. The van der Waals surface area contributed by atoms with E-state index in [1.807, 2.05) is 30.3 Å². The summed E-state index contributed by atoms with van der Waals surface area (Å²) in [4.78, 5) is 28.5. The van der Waals surface area contributed by atoms with Gasteiger partial charge < -0.3 is 15.0 Å². The van der Waals surface area contributed by atoms with E-state index in [1.54, 1.807) is 55.5 Å². The number of hydrogen-bond donors (Lipinski definition) is 1. The standard InChI is InChI=1S/C28H32ClN3O5S/c1-4-37-26-17-11-10-16-24(26)32(38(3,35)36)20-27(33)31(19-22-14-8-9-15-23(22)29)25(28(34)30-2)18-21-12-6-5-7-13-21/h5-17,25H,4,18-20H2,1-3H3,(H,30,34)/t25-/m0/s1. The molecule has 0 fully saturated rings. The van der Waals surface area contributed by atoms with Gasteiger partial charge in [0.15, 0.2) is 0 Å². The third kappa shape index (κ3) is 7.49. The summed E-state index contributed by atoms with van der Waals surface area (Å²) in [5.41, 5.74) is 1.72. The molecule has 0 radical (unpaired) electrons. The molecule has 1 N–H and O–H groups in total. The second kappa shape index (κ2) is 13.3. The van der Waals surface area contributed by atoms with E-state index < -0.39 is 28.5 Å². The van der Waals surface area contributed by atoms with E-state index in [1.165, 1.54) is 11.9 Å². The Kier molecular flexibility index (Phi) is 10.2. The number of ether oxygens (including phenoxy) is 1. The molecule has 202 valence electrons. The monoisotopic (exact) mass is 557 g/mol. The van der Waals surface area contributed by atoms with Crippen molar-refractivity contribution < 1.29 is 22.7 Å². The molecule has 8 nitrogen and oxygen atoms in total. The Hall–Kier alpha value is -3.56. The minimum atomic E-state index is -3.90. The van der Waals surface area contributed by atoms with Crippen molar-refractivity contribution in [2.75, 3.05) is 30.8 Å². The number of hydrogen-bond acceptors (Lipinski definition) is 5. The van der Waals surface area contributed by atoms with Crippen LogP contribution in [0.25, 0.3) is 0 Å². The van der Waals surface area contributed by atoms with Crippen LogP contribution in [0.5, 0.6) is 5.75 Å². The summed E-state index contributed by atoms with van der Waals surface area (Å²) < 4.78 is 32.5. The molecule has 0 heterocycles. The maximum atomic E-state index is 14.0. The molecule has 0 saturated heterocycles. The molecule has 3 rings (SSSR count). The fourth-order valence-corrected chi connectivity index (χ4v) is 5.11. The number of carbonyl (C=O) groups is 2. The number of halogens is 1. The number of para-hydroxylation sites is 2. The van der Waals surface area contributed by atoms with Gasteiger partial charge in [-0.1, -0.05) is 72.3 Å². The first-order chi connectivity index (χ1) is 18.2. The van der Waals surface area contributed by atoms with Crippen LogP contribution >= 0.6 is 11.6 Å². The average Bonchev–Trinajstić information content (AvgIpc) is 2.90. The predicted molar refractivity (Wildman–Crippen MR) is 150 cm³/mol. The van der Waals surface area contributed by atoms with Crippen LogP contribution in [-0.4, -0.2) is 57.6 Å². The lowest BCUT2D eigenvalue weighted by molar-refractivity contribution is -0.139. The summed E-state index contributed by atoms with van der Waals surface area (Å²) in [6.07, 6.45) is 1.26. The van der Waals surface area contributed by atoms with Crippen LogP contribution < -0.4 is 14.4 Å². The number of nitrogens with zero attached hydrogens (tertiary/aromatic N) is 2. The Morgan fingerprint density at radius 3 is 2.24 bits per heavy atom. The van der Waals surface area contributed by atoms with Crippen molar-refractivity contribution in [2.45, 2.75) is 25.9 Å². The van der Waals surface area contributed by atoms with E-state index in [0.29, 0.717) is 22.9 Å². The van der Waals surface area contributed by atoms with Crippen molar-refractivity contribution >= 4 is 39.1 Å². The number of carbonyl (C=O) groups excluding carboxylic acids is 2. The highest BCUT2D eigenvalue weighted by molar-refractivity contribution is 7.92. The number of rotatable bonds is 12. The largest absolute Gasteiger partial charge is 0.492 e. The molecule has 0 spiro atoms. The zero-order valence-corrected chi connectivity index (χ0v) is 23.2. The number of amides is 2. The van der Waals surface area contributed by atoms with E-state index in [-0.39, 0.29) is 24.6 Å². The van der Waals surface area contributed by atoms with Gasteiger partial charge in [-0.3, -0.25) is 13.9 Å². The summed E-state index contributed by atoms with van der Waals surface area (Å²) >= 11 is 6.42. The molecule has 3 aromatic carbocycles. The summed E-state index contributed by atoms with van der Waals surface area (Å²) in [7, 11) is -2.40. The van der Waals surface area contributed by atoms with Gasteiger partial charge in [0.2, 0.25) is 21.8 Å². The van der Waals surface area contributed by atoms with Gasteiger partial charge in [0.25, 0.3) is 0 Å². The number of nitrogens with one attached hydrogen (secondary N) is 1. The van der Waals surface area contributed by atoms with Gasteiger partial charge >= 0.3 is 0 Å². The maximum Gasteiger partial charge on any atom is 0.244 e. The number of benzene rings is 3. The van der Waals surface area contributed by atoms with Crippen molar-refractivity contribution in [3.05, 3.63) is 95.0 Å². The highest BCUT2D eigenvalue weighted by Gasteiger charge is 2.33. The van der Waals surface area contributed by atoms with Crippen molar-refractivity contribution in [2.24, 2.45) is 0 Å². The fraction of sp³-hybridized carbons (Fsp3) is 0.286. The number of sulfonamides is 1. The van der Waals surface area contributed by atoms with E-state index >= 15 is 0 Å². The van der Waals surface area contributed by atoms with E-state index in [9.17, 15) is 18.0 Å². The molecule has 0 aliphatic rings. The van der Waals surface area contributed by atoms with Crippen LogP contribution in [0.2, 0.25) is 5.02 Å². The number of anilines is 1. The maximum absolute atomic E-state index is 14.0. The summed E-state index contributed by atoms with van der Waals surface area (Å²) in [5.74, 6) is -0.612. The molecule has 0 aliphatic carbocycles. The molecular formula is C28H32ClN3O5S. The smallest absolute Gasteiger partial charge is 0.244 e. The van der Waals surface area contributed by atoms with Crippen molar-refractivity contribution in [3.63, 3.8) is 0 Å². The van der Waals surface area contributed by atoms with E-state index in [2.05, 4.69) is 5.32 Å². The van der Waals surface area contributed by atoms with Crippen LogP contribution in [0.1, 0.15) is 18.1 Å². The summed E-state index contributed by atoms with van der Waals surface area (Å²) in [5, 5.41) is 3.08. The van der Waals surface area contributed by atoms with Gasteiger partial charge in [-0.2, -0.15) is 0 Å². The zero-order valence-electron chi connectivity index (χ0n) is 21.6. The Morgan fingerprint density at radius 2 is 1.61 bits per heavy atom. The molecule has 38 heavy (non-hydrogen) atoms. The van der Waals surface area contributed by atoms with Crippen molar-refractivity contribution in [1.29, 1.82) is 0 Å². The minimum absolute atomic E-state index is 0.00807. The van der Waals surface area contributed by atoms with Gasteiger partial charge in [-0.25, -0.2) is 8.42 Å². The molecule has 1 atom stereocenters. The normalized spacial score (nSPS) is 11.9. The Labute approximate surface area is 229 Å². The molecule has 2 amide bonds. The second-order valence-corrected chi connectivity index (χ2v) is 10.9. The van der Waals surface area contributed by atoms with Crippen LogP contribution in [0.15, 0.2) is 78.9 Å². The van der Waals surface area contributed by atoms with Crippen molar-refractivity contribution in [3.8, 4) is 5.75 Å². The molecule has 0 unspecified atom stereocenters. The van der Waals surface area contributed by atoms with Gasteiger partial charge in [0, 0.05) is 25.0 Å². The second-order valence-electron chi connectivity index (χ2n) is 8.60. The first kappa shape index (κ1) is 29.0. The van der Waals surface area contributed by atoms with E-state index in [0.717, 1.165) is 16.1 Å². The molecule has 0 aliphatic heterocycles. The third-order valence-corrected chi connectivity index (χ3v) is 7.42. The first-order valence-corrected chi connectivity index (χ1v) is 14.4. The van der Waals surface area contributed by atoms with Gasteiger partial charge in [0.1, 0.15) is 18.3 Å². The average molecular weight is 558 g/mol. The number of likely N-dealkylation sites (N-methyl/N-ethyl adjacent to an activating group) is 1. The summed E-state index contributed by atoms with van der Waals surface area (Å²) in [6, 6.07) is 22.0. The Morgan fingerprint density at radius 1 is 0.974 bits per heavy atom. The van der Waals surface area contributed by atoms with Crippen LogP contribution in [-0.2, 0) is 32.6 Å². The van der Waals surface area contributed by atoms with E-state index in [4.69, 9.17) is 16.3 Å². The minimum Gasteiger partial charge on any atom is -0.492 e. The predicted octanol–water partition coefficient (Wildman–Crippen LogP) is 3.89. The van der Waals surface area contributed by atoms with Crippen molar-refractivity contribution in [1.82, 2.24) is 10.2 Å². The van der Waals surface area contributed by atoms with Crippen LogP contribution in [0, 0.1) is 0 Å². The first-order valence-electron chi connectivity index (χ1n) is 12.1. The topological polar surface area (TPSA) is 96.0 Å². The Balaban J connectivity index is 2.06. The third-order valence-electron chi connectivity index (χ3n) is 5.93. The summed E-state index contributed by atoms with van der Waals surface area (Å²) in [6.45, 7) is 1.58. The lowest BCUT2D eigenvalue weighted by Gasteiger charge is -2.33. The highest BCUT2D eigenvalue weighted by atomic mass is 35.5. The van der Waals surface area contributed by atoms with Crippen LogP contribution in [0.3, 0.4) is 0 Å². The molecule has 3 aromatic rings. The molecular weight excluding hydrogens is 526 g/mol. The quantitative estimate of drug-likeness (QED) is 0.364. The van der Waals surface area contributed by atoms with Crippen LogP contribution in [0.4, 0.5) is 5.69 Å². The molecule has 0 bridgehead atoms.